The van der Waals surface area contributed by atoms with Crippen molar-refractivity contribution in [1.82, 2.24) is 10.2 Å². The maximum absolute atomic E-state index is 12.9. The second kappa shape index (κ2) is 8.49. The lowest BCUT2D eigenvalue weighted by Gasteiger charge is -2.30. The van der Waals surface area contributed by atoms with E-state index in [0.29, 0.717) is 30.3 Å². The van der Waals surface area contributed by atoms with Crippen LogP contribution in [0.15, 0.2) is 46.9 Å². The monoisotopic (exact) mass is 405 g/mol. The van der Waals surface area contributed by atoms with Gasteiger partial charge < -0.3 is 14.1 Å². The highest BCUT2D eigenvalue weighted by Gasteiger charge is 2.26. The zero-order valence-corrected chi connectivity index (χ0v) is 17.1. The van der Waals surface area contributed by atoms with Gasteiger partial charge in [0.1, 0.15) is 0 Å². The molecule has 1 aliphatic heterocycles. The summed E-state index contributed by atoms with van der Waals surface area (Å²) in [5.74, 6) is 0.464. The minimum absolute atomic E-state index is 0.0342. The van der Waals surface area contributed by atoms with E-state index in [-0.39, 0.29) is 18.3 Å². The second-order valence-corrected chi connectivity index (χ2v) is 7.31. The normalized spacial score (nSPS) is 13.1. The number of fused-ring (bicyclic) bond motifs is 1. The number of ether oxygens (including phenoxy) is 1. The zero-order valence-electron chi connectivity index (χ0n) is 17.1. The third kappa shape index (κ3) is 3.96. The molecule has 7 nitrogen and oxygen atoms in total. The standard InChI is InChI=1S/C23H23N3O4/c1-15-8-10-16(11-9-15)22-25-24-20(30-22)12-13-21(27)26-14-4-6-17-18(23(28)29-2)5-3-7-19(17)26/h3,5,7-11H,4,6,12-14H2,1-2H3. The predicted molar refractivity (Wildman–Crippen MR) is 111 cm³/mol. The van der Waals surface area contributed by atoms with Crippen LogP contribution in [0.1, 0.15) is 40.2 Å². The fourth-order valence-corrected chi connectivity index (χ4v) is 3.70. The Hall–Kier alpha value is -3.48. The lowest BCUT2D eigenvalue weighted by Crippen LogP contribution is -2.36. The van der Waals surface area contributed by atoms with Crippen molar-refractivity contribution in [2.24, 2.45) is 0 Å². The van der Waals surface area contributed by atoms with Crippen LogP contribution in [-0.2, 0) is 22.4 Å². The molecular formula is C23H23N3O4. The van der Waals surface area contributed by atoms with E-state index >= 15 is 0 Å². The molecule has 0 N–H and O–H groups in total. The van der Waals surface area contributed by atoms with E-state index < -0.39 is 0 Å². The van der Waals surface area contributed by atoms with E-state index in [0.717, 1.165) is 35.2 Å². The van der Waals surface area contributed by atoms with Gasteiger partial charge in [-0.15, -0.1) is 10.2 Å². The Labute approximate surface area is 174 Å². The van der Waals surface area contributed by atoms with E-state index in [4.69, 9.17) is 9.15 Å². The molecule has 3 aromatic rings. The quantitative estimate of drug-likeness (QED) is 0.601. The molecule has 0 fully saturated rings. The first-order valence-electron chi connectivity index (χ1n) is 9.97. The Morgan fingerprint density at radius 3 is 2.70 bits per heavy atom. The van der Waals surface area contributed by atoms with Crippen molar-refractivity contribution >= 4 is 17.6 Å². The maximum Gasteiger partial charge on any atom is 0.338 e. The maximum atomic E-state index is 12.9. The van der Waals surface area contributed by atoms with Crippen LogP contribution in [0.3, 0.4) is 0 Å². The highest BCUT2D eigenvalue weighted by molar-refractivity contribution is 5.98. The smallest absolute Gasteiger partial charge is 0.338 e. The largest absolute Gasteiger partial charge is 0.465 e. The molecule has 0 saturated carbocycles. The van der Waals surface area contributed by atoms with Crippen LogP contribution in [0, 0.1) is 6.92 Å². The van der Waals surface area contributed by atoms with Crippen molar-refractivity contribution in [3.05, 3.63) is 65.0 Å². The van der Waals surface area contributed by atoms with Crippen LogP contribution >= 0.6 is 0 Å². The average Bonchev–Trinajstić information content (AvgIpc) is 3.25. The van der Waals surface area contributed by atoms with Crippen LogP contribution in [-0.4, -0.2) is 35.7 Å². The van der Waals surface area contributed by atoms with Gasteiger partial charge in [0.15, 0.2) is 0 Å². The number of esters is 1. The lowest BCUT2D eigenvalue weighted by atomic mass is 9.96. The van der Waals surface area contributed by atoms with Gasteiger partial charge >= 0.3 is 5.97 Å². The summed E-state index contributed by atoms with van der Waals surface area (Å²) < 4.78 is 10.6. The molecule has 2 aromatic carbocycles. The molecule has 154 valence electrons. The molecule has 30 heavy (non-hydrogen) atoms. The van der Waals surface area contributed by atoms with Gasteiger partial charge in [0.2, 0.25) is 17.7 Å². The number of amides is 1. The van der Waals surface area contributed by atoms with Gasteiger partial charge in [0, 0.05) is 30.6 Å². The van der Waals surface area contributed by atoms with Crippen molar-refractivity contribution in [2.75, 3.05) is 18.6 Å². The Kier molecular flexibility index (Phi) is 5.61. The summed E-state index contributed by atoms with van der Waals surface area (Å²) in [7, 11) is 1.36. The molecule has 1 aromatic heterocycles. The van der Waals surface area contributed by atoms with Gasteiger partial charge in [-0.25, -0.2) is 4.79 Å². The summed E-state index contributed by atoms with van der Waals surface area (Å²) in [4.78, 5) is 26.7. The Morgan fingerprint density at radius 1 is 1.13 bits per heavy atom. The van der Waals surface area contributed by atoms with Crippen LogP contribution in [0.2, 0.25) is 0 Å². The predicted octanol–water partition coefficient (Wildman–Crippen LogP) is 3.74. The Bertz CT molecular complexity index is 1070. The van der Waals surface area contributed by atoms with Crippen LogP contribution < -0.4 is 4.90 Å². The van der Waals surface area contributed by atoms with Gasteiger partial charge in [0.05, 0.1) is 12.7 Å². The summed E-state index contributed by atoms with van der Waals surface area (Å²) in [5.41, 5.74) is 4.17. The summed E-state index contributed by atoms with van der Waals surface area (Å²) in [5, 5.41) is 8.17. The number of anilines is 1. The molecule has 0 aliphatic carbocycles. The number of carbonyl (C=O) groups is 2. The topological polar surface area (TPSA) is 85.5 Å². The van der Waals surface area contributed by atoms with Crippen molar-refractivity contribution in [3.63, 3.8) is 0 Å². The molecule has 2 heterocycles. The third-order valence-corrected chi connectivity index (χ3v) is 5.28. The van der Waals surface area contributed by atoms with E-state index in [9.17, 15) is 9.59 Å². The summed E-state index contributed by atoms with van der Waals surface area (Å²) in [6, 6.07) is 13.2. The number of aromatic nitrogens is 2. The number of carbonyl (C=O) groups excluding carboxylic acids is 2. The van der Waals surface area contributed by atoms with Gasteiger partial charge in [-0.3, -0.25) is 4.79 Å². The molecular weight excluding hydrogens is 382 g/mol. The summed E-state index contributed by atoms with van der Waals surface area (Å²) in [6.45, 7) is 2.64. The van der Waals surface area contributed by atoms with Crippen molar-refractivity contribution in [2.45, 2.75) is 32.6 Å². The number of hydrogen-bond acceptors (Lipinski definition) is 6. The average molecular weight is 405 g/mol. The molecule has 0 atom stereocenters. The van der Waals surface area contributed by atoms with Gasteiger partial charge in [-0.1, -0.05) is 23.8 Å². The van der Waals surface area contributed by atoms with E-state index in [1.165, 1.54) is 7.11 Å². The fourth-order valence-electron chi connectivity index (χ4n) is 3.70. The second-order valence-electron chi connectivity index (χ2n) is 7.31. The molecule has 4 rings (SSSR count). The highest BCUT2D eigenvalue weighted by Crippen LogP contribution is 2.31. The molecule has 0 bridgehead atoms. The van der Waals surface area contributed by atoms with Gasteiger partial charge in [0.25, 0.3) is 0 Å². The number of rotatable bonds is 5. The minimum atomic E-state index is -0.379. The third-order valence-electron chi connectivity index (χ3n) is 5.28. The highest BCUT2D eigenvalue weighted by atomic mass is 16.5. The first-order chi connectivity index (χ1) is 14.6. The first kappa shape index (κ1) is 19.8. The summed E-state index contributed by atoms with van der Waals surface area (Å²) in [6.07, 6.45) is 2.15. The molecule has 1 amide bonds. The van der Waals surface area contributed by atoms with Crippen LogP contribution in [0.5, 0.6) is 0 Å². The molecule has 7 heteroatoms. The minimum Gasteiger partial charge on any atom is -0.465 e. The number of methoxy groups -OCH3 is 1. The molecule has 0 unspecified atom stereocenters. The SMILES string of the molecule is COC(=O)c1cccc2c1CCCN2C(=O)CCc1nnc(-c2ccc(C)cc2)o1. The Balaban J connectivity index is 1.46. The fraction of sp³-hybridized carbons (Fsp3) is 0.304. The van der Waals surface area contributed by atoms with Crippen LogP contribution in [0.25, 0.3) is 11.5 Å². The lowest BCUT2D eigenvalue weighted by molar-refractivity contribution is -0.118. The number of hydrogen-bond donors (Lipinski definition) is 0. The Morgan fingerprint density at radius 2 is 1.93 bits per heavy atom. The van der Waals surface area contributed by atoms with E-state index in [1.54, 1.807) is 17.0 Å². The molecule has 0 spiro atoms. The van der Waals surface area contributed by atoms with E-state index in [1.807, 2.05) is 37.3 Å². The van der Waals surface area contributed by atoms with Gasteiger partial charge in [-0.05, 0) is 49.6 Å². The molecule has 0 saturated heterocycles. The number of nitrogens with zero attached hydrogens (tertiary/aromatic N) is 3. The van der Waals surface area contributed by atoms with E-state index in [2.05, 4.69) is 10.2 Å². The summed E-state index contributed by atoms with van der Waals surface area (Å²) >= 11 is 0. The van der Waals surface area contributed by atoms with Crippen molar-refractivity contribution < 1.29 is 18.7 Å². The van der Waals surface area contributed by atoms with Crippen LogP contribution in [0.4, 0.5) is 5.69 Å². The first-order valence-corrected chi connectivity index (χ1v) is 9.97. The van der Waals surface area contributed by atoms with Crippen molar-refractivity contribution in [3.8, 4) is 11.5 Å². The number of benzene rings is 2. The molecule has 1 aliphatic rings. The zero-order chi connectivity index (χ0) is 21.1. The number of aryl methyl sites for hydroxylation is 2. The van der Waals surface area contributed by atoms with Gasteiger partial charge in [-0.2, -0.15) is 0 Å². The van der Waals surface area contributed by atoms with Crippen molar-refractivity contribution in [1.29, 1.82) is 0 Å². The molecule has 0 radical (unpaired) electrons.